The Kier molecular flexibility index (Phi) is 4.99. The van der Waals surface area contributed by atoms with E-state index in [2.05, 4.69) is 26.1 Å². The van der Waals surface area contributed by atoms with Gasteiger partial charge in [0.15, 0.2) is 0 Å². The predicted molar refractivity (Wildman–Crippen MR) is 55.4 cm³/mol. The minimum atomic E-state index is -0.538. The molecule has 0 aliphatic rings. The molecule has 0 saturated carbocycles. The van der Waals surface area contributed by atoms with Crippen molar-refractivity contribution in [3.63, 3.8) is 0 Å². The first-order valence-corrected chi connectivity index (χ1v) is 5.03. The summed E-state index contributed by atoms with van der Waals surface area (Å²) in [5.74, 6) is -0.255. The third-order valence-electron chi connectivity index (χ3n) is 2.47. The fourth-order valence-electron chi connectivity index (χ4n) is 1.41. The van der Waals surface area contributed by atoms with Gasteiger partial charge in [-0.15, -0.1) is 0 Å². The van der Waals surface area contributed by atoms with E-state index in [1.807, 2.05) is 6.92 Å². The van der Waals surface area contributed by atoms with Crippen molar-refractivity contribution in [1.29, 1.82) is 0 Å². The summed E-state index contributed by atoms with van der Waals surface area (Å²) in [6.07, 6.45) is 2.77. The summed E-state index contributed by atoms with van der Waals surface area (Å²) < 4.78 is 0. The second-order valence-electron chi connectivity index (χ2n) is 3.90. The van der Waals surface area contributed by atoms with E-state index < -0.39 is 5.54 Å². The Bertz CT molecular complexity index is 170. The van der Waals surface area contributed by atoms with Gasteiger partial charge >= 0.3 is 0 Å². The second kappa shape index (κ2) is 5.22. The molecule has 0 aliphatic heterocycles. The molecule has 2 atom stereocenters. The molecular weight excluding hydrogens is 164 g/mol. The van der Waals surface area contributed by atoms with E-state index >= 15 is 0 Å². The molecule has 0 radical (unpaired) electrons. The maximum absolute atomic E-state index is 11.2. The molecule has 0 saturated heterocycles. The molecule has 78 valence electrons. The first kappa shape index (κ1) is 12.4. The lowest BCUT2D eigenvalue weighted by molar-refractivity contribution is -0.124. The zero-order chi connectivity index (χ0) is 10.5. The average Bonchev–Trinajstić information content (AvgIpc) is 2.04. The van der Waals surface area contributed by atoms with Crippen molar-refractivity contribution < 1.29 is 4.79 Å². The Morgan fingerprint density at radius 1 is 1.54 bits per heavy atom. The zero-order valence-corrected chi connectivity index (χ0v) is 9.18. The van der Waals surface area contributed by atoms with Crippen molar-refractivity contribution in [1.82, 2.24) is 5.32 Å². The van der Waals surface area contributed by atoms with Crippen LogP contribution in [0.1, 0.15) is 47.0 Å². The van der Waals surface area contributed by atoms with Crippen LogP contribution in [0, 0.1) is 0 Å². The molecule has 13 heavy (non-hydrogen) atoms. The van der Waals surface area contributed by atoms with Crippen molar-refractivity contribution in [2.45, 2.75) is 58.5 Å². The van der Waals surface area contributed by atoms with Crippen LogP contribution in [0.5, 0.6) is 0 Å². The molecule has 2 unspecified atom stereocenters. The summed E-state index contributed by atoms with van der Waals surface area (Å²) in [6.45, 7) is 8.09. The van der Waals surface area contributed by atoms with Gasteiger partial charge in [0.25, 0.3) is 0 Å². The summed E-state index contributed by atoms with van der Waals surface area (Å²) in [6, 6.07) is 0.337. The molecule has 0 aromatic rings. The first-order chi connectivity index (χ1) is 5.96. The molecule has 0 aromatic carbocycles. The highest BCUT2D eigenvalue weighted by atomic mass is 16.1. The maximum Gasteiger partial charge on any atom is 0.237 e. The Morgan fingerprint density at radius 3 is 2.38 bits per heavy atom. The van der Waals surface area contributed by atoms with Crippen LogP contribution in [0.25, 0.3) is 0 Å². The molecule has 3 heteroatoms. The molecule has 0 spiro atoms. The smallest absolute Gasteiger partial charge is 0.237 e. The van der Waals surface area contributed by atoms with E-state index in [4.69, 9.17) is 5.73 Å². The minimum absolute atomic E-state index is 0.255. The van der Waals surface area contributed by atoms with Gasteiger partial charge in [-0.05, 0) is 26.7 Å². The van der Waals surface area contributed by atoms with Gasteiger partial charge in [-0.1, -0.05) is 20.3 Å². The Morgan fingerprint density at radius 2 is 2.08 bits per heavy atom. The van der Waals surface area contributed by atoms with Gasteiger partial charge in [0.2, 0.25) is 5.91 Å². The monoisotopic (exact) mass is 186 g/mol. The Hall–Kier alpha value is -0.570. The van der Waals surface area contributed by atoms with Gasteiger partial charge in [-0.3, -0.25) is 4.79 Å². The van der Waals surface area contributed by atoms with Crippen molar-refractivity contribution in [2.75, 3.05) is 0 Å². The summed E-state index contributed by atoms with van der Waals surface area (Å²) in [5, 5.41) is 3.27. The lowest BCUT2D eigenvalue weighted by Gasteiger charge is -2.30. The lowest BCUT2D eigenvalue weighted by Crippen LogP contribution is -2.55. The van der Waals surface area contributed by atoms with Gasteiger partial charge in [0.05, 0.1) is 5.54 Å². The number of primary amides is 1. The summed E-state index contributed by atoms with van der Waals surface area (Å²) in [7, 11) is 0. The molecule has 3 nitrogen and oxygen atoms in total. The van der Waals surface area contributed by atoms with Crippen molar-refractivity contribution in [3.8, 4) is 0 Å². The van der Waals surface area contributed by atoms with Gasteiger partial charge < -0.3 is 11.1 Å². The number of carbonyl (C=O) groups is 1. The van der Waals surface area contributed by atoms with Gasteiger partial charge in [-0.25, -0.2) is 0 Å². The molecule has 3 N–H and O–H groups in total. The SMILES string of the molecule is CCCC(C)(NC(C)CC)C(N)=O. The van der Waals surface area contributed by atoms with E-state index in [-0.39, 0.29) is 5.91 Å². The van der Waals surface area contributed by atoms with Crippen LogP contribution in [0.15, 0.2) is 0 Å². The number of nitrogens with two attached hydrogens (primary N) is 1. The largest absolute Gasteiger partial charge is 0.368 e. The van der Waals surface area contributed by atoms with Crippen LogP contribution >= 0.6 is 0 Å². The zero-order valence-electron chi connectivity index (χ0n) is 9.18. The highest BCUT2D eigenvalue weighted by molar-refractivity contribution is 5.84. The van der Waals surface area contributed by atoms with E-state index in [1.165, 1.54) is 0 Å². The number of hydrogen-bond donors (Lipinski definition) is 2. The lowest BCUT2D eigenvalue weighted by atomic mass is 9.94. The van der Waals surface area contributed by atoms with Crippen molar-refractivity contribution in [3.05, 3.63) is 0 Å². The quantitative estimate of drug-likeness (QED) is 0.659. The standard InChI is InChI=1S/C10H22N2O/c1-5-7-10(4,9(11)13)12-8(3)6-2/h8,12H,5-7H2,1-4H3,(H2,11,13). The summed E-state index contributed by atoms with van der Waals surface area (Å²) >= 11 is 0. The normalized spacial score (nSPS) is 17.8. The maximum atomic E-state index is 11.2. The van der Waals surface area contributed by atoms with Gasteiger partial charge in [-0.2, -0.15) is 0 Å². The molecule has 0 aromatic heterocycles. The minimum Gasteiger partial charge on any atom is -0.368 e. The molecular formula is C10H22N2O. The molecule has 0 bridgehead atoms. The van der Waals surface area contributed by atoms with E-state index in [1.54, 1.807) is 0 Å². The number of nitrogens with one attached hydrogen (secondary N) is 1. The first-order valence-electron chi connectivity index (χ1n) is 5.03. The number of hydrogen-bond acceptors (Lipinski definition) is 2. The average molecular weight is 186 g/mol. The van der Waals surface area contributed by atoms with Crippen LogP contribution in [0.4, 0.5) is 0 Å². The Labute approximate surface area is 81.1 Å². The summed E-state index contributed by atoms with van der Waals surface area (Å²) in [4.78, 5) is 11.2. The van der Waals surface area contributed by atoms with Crippen LogP contribution in [0.3, 0.4) is 0 Å². The van der Waals surface area contributed by atoms with Crippen LogP contribution < -0.4 is 11.1 Å². The molecule has 0 aliphatic carbocycles. The molecule has 0 heterocycles. The topological polar surface area (TPSA) is 55.1 Å². The van der Waals surface area contributed by atoms with Crippen LogP contribution in [0.2, 0.25) is 0 Å². The van der Waals surface area contributed by atoms with Crippen LogP contribution in [-0.4, -0.2) is 17.5 Å². The predicted octanol–water partition coefficient (Wildman–Crippen LogP) is 1.42. The fourth-order valence-corrected chi connectivity index (χ4v) is 1.41. The van der Waals surface area contributed by atoms with Gasteiger partial charge in [0.1, 0.15) is 0 Å². The summed E-state index contributed by atoms with van der Waals surface area (Å²) in [5.41, 5.74) is 4.82. The third kappa shape index (κ3) is 3.77. The Balaban J connectivity index is 4.32. The third-order valence-corrected chi connectivity index (χ3v) is 2.47. The van der Waals surface area contributed by atoms with Crippen molar-refractivity contribution >= 4 is 5.91 Å². The van der Waals surface area contributed by atoms with Crippen LogP contribution in [-0.2, 0) is 4.79 Å². The van der Waals surface area contributed by atoms with Gasteiger partial charge in [0, 0.05) is 6.04 Å². The molecule has 1 amide bonds. The highest BCUT2D eigenvalue weighted by Gasteiger charge is 2.30. The van der Waals surface area contributed by atoms with E-state index in [0.29, 0.717) is 6.04 Å². The molecule has 0 fully saturated rings. The van der Waals surface area contributed by atoms with E-state index in [0.717, 1.165) is 19.3 Å². The van der Waals surface area contributed by atoms with Crippen molar-refractivity contribution in [2.24, 2.45) is 5.73 Å². The number of carbonyl (C=O) groups excluding carboxylic acids is 1. The number of rotatable bonds is 6. The molecule has 0 rings (SSSR count). The number of amides is 1. The fraction of sp³-hybridized carbons (Fsp3) is 0.900. The highest BCUT2D eigenvalue weighted by Crippen LogP contribution is 2.13. The van der Waals surface area contributed by atoms with E-state index in [9.17, 15) is 4.79 Å². The second-order valence-corrected chi connectivity index (χ2v) is 3.90.